The number of anilines is 1. The quantitative estimate of drug-likeness (QED) is 0.633. The van der Waals surface area contributed by atoms with E-state index >= 15 is 0 Å². The van der Waals surface area contributed by atoms with Crippen molar-refractivity contribution in [1.29, 1.82) is 0 Å². The number of aryl methyl sites for hydroxylation is 1. The maximum atomic E-state index is 11.9. The van der Waals surface area contributed by atoms with Crippen LogP contribution in [0.15, 0.2) is 54.6 Å². The van der Waals surface area contributed by atoms with Crippen LogP contribution in [0.1, 0.15) is 21.5 Å². The first-order valence-electron chi connectivity index (χ1n) is 7.98. The van der Waals surface area contributed by atoms with Crippen molar-refractivity contribution in [2.75, 3.05) is 5.73 Å². The highest BCUT2D eigenvalue weighted by Gasteiger charge is 2.18. The molecule has 3 aromatic rings. The van der Waals surface area contributed by atoms with Crippen molar-refractivity contribution in [3.05, 3.63) is 71.3 Å². The van der Waals surface area contributed by atoms with Gasteiger partial charge < -0.3 is 16.6 Å². The molecule has 126 valence electrons. The van der Waals surface area contributed by atoms with E-state index in [0.717, 1.165) is 22.3 Å². The van der Waals surface area contributed by atoms with Crippen LogP contribution in [-0.4, -0.2) is 11.0 Å². The Morgan fingerprint density at radius 1 is 0.960 bits per heavy atom. The zero-order valence-corrected chi connectivity index (χ0v) is 14.2. The smallest absolute Gasteiger partial charge is 0.250 e. The first-order chi connectivity index (χ1) is 11.9. The number of rotatable bonds is 3. The van der Waals surface area contributed by atoms with Crippen LogP contribution in [0.25, 0.3) is 22.3 Å². The topological polar surface area (TPSA) is 89.3 Å². The molecule has 0 spiro atoms. The SMILES string of the molecule is Cc1ccc(O)c(C)c1-c1cc(-c2ccccc2)cc(C(N)=O)c1N. The van der Waals surface area contributed by atoms with E-state index in [4.69, 9.17) is 11.5 Å². The molecule has 3 aromatic carbocycles. The Morgan fingerprint density at radius 3 is 2.28 bits per heavy atom. The van der Waals surface area contributed by atoms with E-state index in [1.54, 1.807) is 12.1 Å². The molecular weight excluding hydrogens is 312 g/mol. The molecule has 1 amide bonds. The fourth-order valence-electron chi connectivity index (χ4n) is 3.11. The standard InChI is InChI=1S/C21H20N2O2/c1-12-8-9-18(24)13(2)19(12)16-10-15(14-6-4-3-5-7-14)11-17(20(16)22)21(23)25/h3-11,24H,22H2,1-2H3,(H2,23,25). The molecule has 0 fully saturated rings. The first-order valence-corrected chi connectivity index (χ1v) is 7.98. The van der Waals surface area contributed by atoms with Gasteiger partial charge in [0.1, 0.15) is 5.75 Å². The van der Waals surface area contributed by atoms with Crippen molar-refractivity contribution in [3.63, 3.8) is 0 Å². The van der Waals surface area contributed by atoms with Gasteiger partial charge in [0, 0.05) is 5.56 Å². The molecule has 0 unspecified atom stereocenters. The fraction of sp³-hybridized carbons (Fsp3) is 0.0952. The number of phenolic OH excluding ortho intramolecular Hbond substituents is 1. The van der Waals surface area contributed by atoms with Gasteiger partial charge in [-0.3, -0.25) is 4.79 Å². The molecule has 0 atom stereocenters. The summed E-state index contributed by atoms with van der Waals surface area (Å²) in [6.07, 6.45) is 0. The lowest BCUT2D eigenvalue weighted by molar-refractivity contribution is 0.100. The lowest BCUT2D eigenvalue weighted by atomic mass is 9.89. The summed E-state index contributed by atoms with van der Waals surface area (Å²) in [5.41, 5.74) is 17.4. The summed E-state index contributed by atoms with van der Waals surface area (Å²) in [7, 11) is 0. The molecule has 0 bridgehead atoms. The van der Waals surface area contributed by atoms with E-state index in [9.17, 15) is 9.90 Å². The van der Waals surface area contributed by atoms with Crippen molar-refractivity contribution in [2.24, 2.45) is 5.73 Å². The fourth-order valence-corrected chi connectivity index (χ4v) is 3.11. The number of amides is 1. The summed E-state index contributed by atoms with van der Waals surface area (Å²) in [5, 5.41) is 10.1. The molecular formula is C21H20N2O2. The summed E-state index contributed by atoms with van der Waals surface area (Å²) in [6.45, 7) is 3.77. The highest BCUT2D eigenvalue weighted by atomic mass is 16.3. The number of nitrogen functional groups attached to an aromatic ring is 1. The van der Waals surface area contributed by atoms with Gasteiger partial charge in [0.05, 0.1) is 11.3 Å². The van der Waals surface area contributed by atoms with E-state index in [-0.39, 0.29) is 11.3 Å². The van der Waals surface area contributed by atoms with Crippen LogP contribution in [0.5, 0.6) is 5.75 Å². The second-order valence-corrected chi connectivity index (χ2v) is 6.12. The Morgan fingerprint density at radius 2 is 1.64 bits per heavy atom. The van der Waals surface area contributed by atoms with Crippen LogP contribution >= 0.6 is 0 Å². The van der Waals surface area contributed by atoms with Crippen LogP contribution < -0.4 is 11.5 Å². The van der Waals surface area contributed by atoms with E-state index < -0.39 is 5.91 Å². The summed E-state index contributed by atoms with van der Waals surface area (Å²) in [4.78, 5) is 11.9. The van der Waals surface area contributed by atoms with Gasteiger partial charge in [-0.25, -0.2) is 0 Å². The number of primary amides is 1. The number of hydrogen-bond donors (Lipinski definition) is 3. The van der Waals surface area contributed by atoms with Crippen molar-refractivity contribution >= 4 is 11.6 Å². The van der Waals surface area contributed by atoms with Gasteiger partial charge in [-0.2, -0.15) is 0 Å². The number of aromatic hydroxyl groups is 1. The van der Waals surface area contributed by atoms with E-state index in [1.165, 1.54) is 0 Å². The summed E-state index contributed by atoms with van der Waals surface area (Å²) in [6, 6.07) is 16.8. The third kappa shape index (κ3) is 2.94. The molecule has 0 aliphatic carbocycles. The molecule has 0 aliphatic heterocycles. The van der Waals surface area contributed by atoms with Gasteiger partial charge in [0.2, 0.25) is 0 Å². The number of carbonyl (C=O) groups excluding carboxylic acids is 1. The molecule has 0 saturated heterocycles. The van der Waals surface area contributed by atoms with Crippen LogP contribution in [0.4, 0.5) is 5.69 Å². The van der Waals surface area contributed by atoms with Gasteiger partial charge in [0.15, 0.2) is 0 Å². The second kappa shape index (κ2) is 6.32. The molecule has 4 heteroatoms. The average molecular weight is 332 g/mol. The lowest BCUT2D eigenvalue weighted by Crippen LogP contribution is -2.14. The summed E-state index contributed by atoms with van der Waals surface area (Å²) in [5.74, 6) is -0.391. The van der Waals surface area contributed by atoms with Gasteiger partial charge >= 0.3 is 0 Å². The Balaban J connectivity index is 2.36. The predicted octanol–water partition coefficient (Wildman–Crippen LogP) is 4.02. The lowest BCUT2D eigenvalue weighted by Gasteiger charge is -2.17. The number of nitrogens with two attached hydrogens (primary N) is 2. The Kier molecular flexibility index (Phi) is 4.19. The molecule has 25 heavy (non-hydrogen) atoms. The molecule has 0 radical (unpaired) electrons. The van der Waals surface area contributed by atoms with Crippen molar-refractivity contribution < 1.29 is 9.90 Å². The minimum Gasteiger partial charge on any atom is -0.508 e. The minimum absolute atomic E-state index is 0.186. The molecule has 5 N–H and O–H groups in total. The number of hydrogen-bond acceptors (Lipinski definition) is 3. The maximum absolute atomic E-state index is 11.9. The third-order valence-electron chi connectivity index (χ3n) is 4.47. The van der Waals surface area contributed by atoms with Crippen molar-refractivity contribution in [1.82, 2.24) is 0 Å². The molecule has 3 rings (SSSR count). The third-order valence-corrected chi connectivity index (χ3v) is 4.47. The molecule has 4 nitrogen and oxygen atoms in total. The molecule has 0 aliphatic rings. The van der Waals surface area contributed by atoms with Gasteiger partial charge in [0.25, 0.3) is 5.91 Å². The summed E-state index contributed by atoms with van der Waals surface area (Å²) >= 11 is 0. The Hall–Kier alpha value is -3.27. The zero-order chi connectivity index (χ0) is 18.1. The number of phenols is 1. The van der Waals surface area contributed by atoms with Gasteiger partial charge in [-0.1, -0.05) is 36.4 Å². The zero-order valence-electron chi connectivity index (χ0n) is 14.2. The highest BCUT2D eigenvalue weighted by molar-refractivity contribution is 6.04. The van der Waals surface area contributed by atoms with Gasteiger partial charge in [-0.05, 0) is 59.9 Å². The predicted molar refractivity (Wildman–Crippen MR) is 101 cm³/mol. The molecule has 0 aromatic heterocycles. The Bertz CT molecular complexity index is 963. The molecule has 0 heterocycles. The first kappa shape index (κ1) is 16.6. The van der Waals surface area contributed by atoms with Gasteiger partial charge in [-0.15, -0.1) is 0 Å². The van der Waals surface area contributed by atoms with E-state index in [1.807, 2.05) is 56.3 Å². The van der Waals surface area contributed by atoms with Crippen molar-refractivity contribution in [3.8, 4) is 28.0 Å². The normalized spacial score (nSPS) is 10.6. The van der Waals surface area contributed by atoms with Crippen LogP contribution in [0.2, 0.25) is 0 Å². The van der Waals surface area contributed by atoms with Crippen LogP contribution in [0, 0.1) is 13.8 Å². The largest absolute Gasteiger partial charge is 0.508 e. The number of benzene rings is 3. The highest BCUT2D eigenvalue weighted by Crippen LogP contribution is 2.39. The van der Waals surface area contributed by atoms with Crippen molar-refractivity contribution in [2.45, 2.75) is 13.8 Å². The van der Waals surface area contributed by atoms with E-state index in [0.29, 0.717) is 16.8 Å². The van der Waals surface area contributed by atoms with Crippen LogP contribution in [0.3, 0.4) is 0 Å². The molecule has 0 saturated carbocycles. The van der Waals surface area contributed by atoms with Crippen LogP contribution in [-0.2, 0) is 0 Å². The average Bonchev–Trinajstić information content (AvgIpc) is 2.60. The maximum Gasteiger partial charge on any atom is 0.250 e. The summed E-state index contributed by atoms with van der Waals surface area (Å²) < 4.78 is 0. The Labute approximate surface area is 146 Å². The second-order valence-electron chi connectivity index (χ2n) is 6.12. The van der Waals surface area contributed by atoms with E-state index in [2.05, 4.69) is 0 Å². The number of carbonyl (C=O) groups is 1. The minimum atomic E-state index is -0.577. The monoisotopic (exact) mass is 332 g/mol.